The third kappa shape index (κ3) is 3.94. The Morgan fingerprint density at radius 2 is 1.68 bits per heavy atom. The quantitative estimate of drug-likeness (QED) is 0.658. The molecule has 0 saturated carbocycles. The fourth-order valence-corrected chi connectivity index (χ4v) is 2.81. The molecule has 0 spiro atoms. The molecule has 100 valence electrons. The summed E-state index contributed by atoms with van der Waals surface area (Å²) in [7, 11) is 1.63. The molecule has 0 aliphatic heterocycles. The maximum Gasteiger partial charge on any atom is 0.135 e. The van der Waals surface area contributed by atoms with Gasteiger partial charge in [0.15, 0.2) is 0 Å². The smallest absolute Gasteiger partial charge is 0.135 e. The van der Waals surface area contributed by atoms with E-state index in [-0.39, 0.29) is 0 Å². The predicted molar refractivity (Wildman–Crippen MR) is 84.7 cm³/mol. The molecular formula is C13H10Br3NO2. The van der Waals surface area contributed by atoms with Gasteiger partial charge in [0, 0.05) is 22.4 Å². The number of benzene rings is 1. The highest BCUT2D eigenvalue weighted by Gasteiger charge is 2.08. The van der Waals surface area contributed by atoms with Crippen molar-refractivity contribution in [2.75, 3.05) is 7.11 Å². The van der Waals surface area contributed by atoms with Crippen LogP contribution in [-0.2, 0) is 6.61 Å². The van der Waals surface area contributed by atoms with E-state index in [4.69, 9.17) is 9.47 Å². The summed E-state index contributed by atoms with van der Waals surface area (Å²) in [5.41, 5.74) is 0.994. The Kier molecular flexibility index (Phi) is 5.24. The van der Waals surface area contributed by atoms with Crippen LogP contribution in [0.15, 0.2) is 44.0 Å². The lowest BCUT2D eigenvalue weighted by Gasteiger charge is -2.11. The lowest BCUT2D eigenvalue weighted by atomic mass is 10.3. The molecule has 1 aromatic carbocycles. The molecule has 1 aromatic heterocycles. The van der Waals surface area contributed by atoms with E-state index in [0.29, 0.717) is 6.61 Å². The number of methoxy groups -OCH3 is 1. The van der Waals surface area contributed by atoms with E-state index >= 15 is 0 Å². The third-order valence-electron chi connectivity index (χ3n) is 2.36. The van der Waals surface area contributed by atoms with E-state index in [1.807, 2.05) is 18.2 Å². The van der Waals surface area contributed by atoms with Gasteiger partial charge in [-0.05, 0) is 66.0 Å². The van der Waals surface area contributed by atoms with Crippen molar-refractivity contribution in [2.45, 2.75) is 6.61 Å². The maximum atomic E-state index is 5.76. The van der Waals surface area contributed by atoms with Gasteiger partial charge in [0.1, 0.15) is 18.1 Å². The number of hydrogen-bond donors (Lipinski definition) is 0. The first-order valence-electron chi connectivity index (χ1n) is 5.35. The number of rotatable bonds is 4. The van der Waals surface area contributed by atoms with Crippen molar-refractivity contribution in [1.82, 2.24) is 4.98 Å². The Morgan fingerprint density at radius 3 is 2.37 bits per heavy atom. The Balaban J connectivity index is 2.13. The zero-order valence-corrected chi connectivity index (χ0v) is 14.7. The first-order valence-corrected chi connectivity index (χ1v) is 7.73. The molecule has 0 aliphatic rings. The number of hydrogen-bond acceptors (Lipinski definition) is 3. The minimum atomic E-state index is 0.448. The van der Waals surface area contributed by atoms with Gasteiger partial charge in [-0.15, -0.1) is 0 Å². The second-order valence-electron chi connectivity index (χ2n) is 3.72. The summed E-state index contributed by atoms with van der Waals surface area (Å²) >= 11 is 10.3. The van der Waals surface area contributed by atoms with E-state index in [9.17, 15) is 0 Å². The largest absolute Gasteiger partial charge is 0.496 e. The van der Waals surface area contributed by atoms with Crippen LogP contribution < -0.4 is 9.47 Å². The summed E-state index contributed by atoms with van der Waals surface area (Å²) in [4.78, 5) is 4.10. The molecular weight excluding hydrogens is 442 g/mol. The van der Waals surface area contributed by atoms with Gasteiger partial charge in [-0.2, -0.15) is 0 Å². The zero-order valence-electron chi connectivity index (χ0n) is 9.99. The molecule has 0 atom stereocenters. The highest BCUT2D eigenvalue weighted by atomic mass is 79.9. The van der Waals surface area contributed by atoms with Crippen molar-refractivity contribution in [2.24, 2.45) is 0 Å². The van der Waals surface area contributed by atoms with Gasteiger partial charge in [0.25, 0.3) is 0 Å². The van der Waals surface area contributed by atoms with E-state index in [1.165, 1.54) is 0 Å². The van der Waals surface area contributed by atoms with Crippen molar-refractivity contribution >= 4 is 47.8 Å². The molecule has 0 radical (unpaired) electrons. The normalized spacial score (nSPS) is 10.3. The van der Waals surface area contributed by atoms with Crippen LogP contribution in [-0.4, -0.2) is 12.1 Å². The summed E-state index contributed by atoms with van der Waals surface area (Å²) in [6.45, 7) is 0.448. The Bertz CT molecular complexity index is 590. The van der Waals surface area contributed by atoms with E-state index in [2.05, 4.69) is 52.8 Å². The summed E-state index contributed by atoms with van der Waals surface area (Å²) in [5, 5.41) is 0. The molecule has 2 aromatic rings. The molecule has 0 fully saturated rings. The van der Waals surface area contributed by atoms with Gasteiger partial charge >= 0.3 is 0 Å². The van der Waals surface area contributed by atoms with Crippen LogP contribution >= 0.6 is 47.8 Å². The van der Waals surface area contributed by atoms with Gasteiger partial charge in [0.2, 0.25) is 0 Å². The molecule has 0 saturated heterocycles. The molecule has 0 N–H and O–H groups in total. The lowest BCUT2D eigenvalue weighted by Crippen LogP contribution is -1.97. The number of nitrogens with zero attached hydrogens (tertiary/aromatic N) is 1. The van der Waals surface area contributed by atoms with Gasteiger partial charge in [-0.1, -0.05) is 0 Å². The minimum Gasteiger partial charge on any atom is -0.496 e. The molecule has 1 heterocycles. The van der Waals surface area contributed by atoms with Gasteiger partial charge in [-0.3, -0.25) is 4.98 Å². The first kappa shape index (κ1) is 14.8. The fraction of sp³-hybridized carbons (Fsp3) is 0.154. The molecule has 0 bridgehead atoms. The molecule has 3 nitrogen and oxygen atoms in total. The van der Waals surface area contributed by atoms with Crippen LogP contribution in [0.5, 0.6) is 11.5 Å². The second kappa shape index (κ2) is 6.72. The van der Waals surface area contributed by atoms with Crippen molar-refractivity contribution in [3.8, 4) is 11.5 Å². The van der Waals surface area contributed by atoms with Crippen LogP contribution in [0.2, 0.25) is 0 Å². The number of ether oxygens (including phenoxy) is 2. The number of halogens is 3. The summed E-state index contributed by atoms with van der Waals surface area (Å²) < 4.78 is 13.6. The Hall–Kier alpha value is -0.590. The van der Waals surface area contributed by atoms with E-state index in [0.717, 1.165) is 30.5 Å². The average molecular weight is 452 g/mol. The highest BCUT2D eigenvalue weighted by Crippen LogP contribution is 2.36. The summed E-state index contributed by atoms with van der Waals surface area (Å²) in [5.74, 6) is 1.50. The molecule has 0 amide bonds. The monoisotopic (exact) mass is 449 g/mol. The van der Waals surface area contributed by atoms with Crippen LogP contribution in [0.25, 0.3) is 0 Å². The van der Waals surface area contributed by atoms with Gasteiger partial charge in [0.05, 0.1) is 16.1 Å². The summed E-state index contributed by atoms with van der Waals surface area (Å²) in [6, 6.07) is 5.70. The first-order chi connectivity index (χ1) is 9.10. The number of pyridine rings is 1. The molecule has 2 rings (SSSR count). The highest BCUT2D eigenvalue weighted by molar-refractivity contribution is 9.11. The SMILES string of the molecule is COc1cc(Br)c(OCc2cncc(Br)c2)cc1Br. The molecule has 19 heavy (non-hydrogen) atoms. The fourth-order valence-electron chi connectivity index (χ4n) is 1.47. The van der Waals surface area contributed by atoms with Crippen molar-refractivity contribution in [3.63, 3.8) is 0 Å². The third-order valence-corrected chi connectivity index (χ3v) is 4.04. The second-order valence-corrected chi connectivity index (χ2v) is 6.34. The molecule has 6 heteroatoms. The topological polar surface area (TPSA) is 31.4 Å². The van der Waals surface area contributed by atoms with Crippen LogP contribution in [0.4, 0.5) is 0 Å². The summed E-state index contributed by atoms with van der Waals surface area (Å²) in [6.07, 6.45) is 3.51. The molecule has 0 unspecified atom stereocenters. The van der Waals surface area contributed by atoms with Crippen molar-refractivity contribution < 1.29 is 9.47 Å². The van der Waals surface area contributed by atoms with Crippen molar-refractivity contribution in [3.05, 3.63) is 49.6 Å². The lowest BCUT2D eigenvalue weighted by molar-refractivity contribution is 0.302. The zero-order chi connectivity index (χ0) is 13.8. The Labute approximate surface area is 136 Å². The van der Waals surface area contributed by atoms with Crippen LogP contribution in [0.3, 0.4) is 0 Å². The van der Waals surface area contributed by atoms with E-state index < -0.39 is 0 Å². The standard InChI is InChI=1S/C13H10Br3NO2/c1-18-12-3-11(16)13(4-10(12)15)19-7-8-2-9(14)6-17-5-8/h2-6H,7H2,1H3. The van der Waals surface area contributed by atoms with Crippen LogP contribution in [0.1, 0.15) is 5.56 Å². The maximum absolute atomic E-state index is 5.76. The molecule has 0 aliphatic carbocycles. The average Bonchev–Trinajstić information content (AvgIpc) is 2.39. The Morgan fingerprint density at radius 1 is 1.00 bits per heavy atom. The van der Waals surface area contributed by atoms with Crippen LogP contribution in [0, 0.1) is 0 Å². The predicted octanol–water partition coefficient (Wildman–Crippen LogP) is 4.96. The van der Waals surface area contributed by atoms with Gasteiger partial charge < -0.3 is 9.47 Å². The van der Waals surface area contributed by atoms with Gasteiger partial charge in [-0.25, -0.2) is 0 Å². The number of aromatic nitrogens is 1. The van der Waals surface area contributed by atoms with Crippen molar-refractivity contribution in [1.29, 1.82) is 0 Å². The van der Waals surface area contributed by atoms with E-state index in [1.54, 1.807) is 19.5 Å². The minimum absolute atomic E-state index is 0.448.